The van der Waals surface area contributed by atoms with E-state index >= 15 is 0 Å². The molecule has 0 aliphatic rings. The molecule has 0 bridgehead atoms. The average Bonchev–Trinajstić information content (AvgIpc) is 2.93. The summed E-state index contributed by atoms with van der Waals surface area (Å²) in [5, 5.41) is 4.51. The standard InChI is InChI=1S/C33H45O2P/c1-3-34-33(35-4-2)28-20-9-7-5-6-8-10-21-29-36(30-22-14-11-15-23-30,31-24-16-12-17-25-31)32-26-18-13-19-27-32/h6,8,11-19,22-27,33,36H,3-5,7,9-10,20-21,28-29H2,1-2H3/b8-6-. The van der Waals surface area contributed by atoms with Crippen molar-refractivity contribution in [2.45, 2.75) is 65.1 Å². The summed E-state index contributed by atoms with van der Waals surface area (Å²) in [4.78, 5) is 0. The number of hydrogen-bond acceptors (Lipinski definition) is 2. The van der Waals surface area contributed by atoms with Crippen molar-refractivity contribution in [2.24, 2.45) is 0 Å². The van der Waals surface area contributed by atoms with Gasteiger partial charge in [0.25, 0.3) is 0 Å². The van der Waals surface area contributed by atoms with Crippen molar-refractivity contribution in [3.63, 3.8) is 0 Å². The molecule has 0 aliphatic heterocycles. The molecular formula is C33H45O2P. The van der Waals surface area contributed by atoms with E-state index < -0.39 is 7.26 Å². The Hall–Kier alpha value is -2.25. The van der Waals surface area contributed by atoms with E-state index in [4.69, 9.17) is 9.47 Å². The van der Waals surface area contributed by atoms with E-state index in [1.54, 1.807) is 0 Å². The number of benzene rings is 3. The molecule has 0 N–H and O–H groups in total. The molecule has 0 fully saturated rings. The zero-order valence-electron chi connectivity index (χ0n) is 22.3. The molecule has 0 atom stereocenters. The van der Waals surface area contributed by atoms with E-state index in [1.165, 1.54) is 41.3 Å². The van der Waals surface area contributed by atoms with Gasteiger partial charge in [-0.2, -0.15) is 0 Å². The molecule has 3 aromatic carbocycles. The van der Waals surface area contributed by atoms with E-state index in [-0.39, 0.29) is 6.29 Å². The van der Waals surface area contributed by atoms with Gasteiger partial charge in [0.15, 0.2) is 0 Å². The van der Waals surface area contributed by atoms with E-state index in [2.05, 4.69) is 103 Å². The van der Waals surface area contributed by atoms with Crippen LogP contribution in [0, 0.1) is 0 Å². The summed E-state index contributed by atoms with van der Waals surface area (Å²) < 4.78 is 11.3. The van der Waals surface area contributed by atoms with E-state index in [0.717, 1.165) is 38.9 Å². The monoisotopic (exact) mass is 504 g/mol. The fourth-order valence-electron chi connectivity index (χ4n) is 5.16. The second-order valence-corrected chi connectivity index (χ2v) is 13.4. The van der Waals surface area contributed by atoms with Gasteiger partial charge in [-0.25, -0.2) is 0 Å². The predicted molar refractivity (Wildman–Crippen MR) is 160 cm³/mol. The van der Waals surface area contributed by atoms with Gasteiger partial charge in [-0.05, 0) is 13.8 Å². The van der Waals surface area contributed by atoms with Crippen molar-refractivity contribution in [3.8, 4) is 0 Å². The molecular weight excluding hydrogens is 459 g/mol. The van der Waals surface area contributed by atoms with Gasteiger partial charge in [-0.3, -0.25) is 0 Å². The quantitative estimate of drug-likeness (QED) is 0.0825. The molecule has 0 aliphatic carbocycles. The van der Waals surface area contributed by atoms with Crippen LogP contribution < -0.4 is 15.9 Å². The van der Waals surface area contributed by atoms with Crippen molar-refractivity contribution in [3.05, 3.63) is 103 Å². The third kappa shape index (κ3) is 8.41. The first-order valence-corrected chi connectivity index (χ1v) is 16.1. The summed E-state index contributed by atoms with van der Waals surface area (Å²) in [5.74, 6) is 0. The van der Waals surface area contributed by atoms with Crippen LogP contribution in [0.4, 0.5) is 0 Å². The zero-order chi connectivity index (χ0) is 25.3. The second-order valence-electron chi connectivity index (χ2n) is 9.35. The van der Waals surface area contributed by atoms with Gasteiger partial charge in [0.05, 0.1) is 0 Å². The number of allylic oxidation sites excluding steroid dienone is 2. The third-order valence-electron chi connectivity index (χ3n) is 6.90. The zero-order valence-corrected chi connectivity index (χ0v) is 23.3. The summed E-state index contributed by atoms with van der Waals surface area (Å²) >= 11 is 0. The Bertz CT molecular complexity index is 870. The fourth-order valence-corrected chi connectivity index (χ4v) is 10.0. The Balaban J connectivity index is 1.57. The van der Waals surface area contributed by atoms with Crippen LogP contribution in [0.3, 0.4) is 0 Å². The first-order chi connectivity index (χ1) is 17.8. The van der Waals surface area contributed by atoms with Crippen LogP contribution in [-0.4, -0.2) is 25.7 Å². The van der Waals surface area contributed by atoms with Gasteiger partial charge < -0.3 is 0 Å². The second kappa shape index (κ2) is 16.5. The molecule has 3 heteroatoms. The molecule has 2 nitrogen and oxygen atoms in total. The van der Waals surface area contributed by atoms with Crippen molar-refractivity contribution < 1.29 is 9.47 Å². The molecule has 0 aromatic heterocycles. The predicted octanol–water partition coefficient (Wildman–Crippen LogP) is 7.40. The molecule has 0 heterocycles. The Morgan fingerprint density at radius 1 is 0.583 bits per heavy atom. The van der Waals surface area contributed by atoms with Crippen LogP contribution in [0.15, 0.2) is 103 Å². The maximum absolute atomic E-state index is 5.64. The molecule has 0 unspecified atom stereocenters. The Labute approximate surface area is 220 Å². The first-order valence-electron chi connectivity index (χ1n) is 13.9. The topological polar surface area (TPSA) is 18.5 Å². The molecule has 36 heavy (non-hydrogen) atoms. The Morgan fingerprint density at radius 3 is 1.47 bits per heavy atom. The number of hydrogen-bond donors (Lipinski definition) is 0. The van der Waals surface area contributed by atoms with Crippen LogP contribution in [0.2, 0.25) is 0 Å². The fraction of sp³-hybridized carbons (Fsp3) is 0.394. The van der Waals surface area contributed by atoms with Crippen LogP contribution in [0.5, 0.6) is 0 Å². The van der Waals surface area contributed by atoms with E-state index in [0.29, 0.717) is 0 Å². The minimum atomic E-state index is -2.09. The molecule has 0 spiro atoms. The van der Waals surface area contributed by atoms with Gasteiger partial charge in [0.2, 0.25) is 0 Å². The van der Waals surface area contributed by atoms with Gasteiger partial charge in [0.1, 0.15) is 0 Å². The van der Waals surface area contributed by atoms with Gasteiger partial charge >= 0.3 is 193 Å². The minimum Gasteiger partial charge on any atom is -0.0414 e. The summed E-state index contributed by atoms with van der Waals surface area (Å²) in [7, 11) is -2.09. The molecule has 0 saturated carbocycles. The van der Waals surface area contributed by atoms with Crippen molar-refractivity contribution >= 4 is 23.2 Å². The van der Waals surface area contributed by atoms with Crippen molar-refractivity contribution in [2.75, 3.05) is 19.4 Å². The molecule has 0 saturated heterocycles. The average molecular weight is 505 g/mol. The summed E-state index contributed by atoms with van der Waals surface area (Å²) in [5.41, 5.74) is 0. The number of unbranched alkanes of at least 4 members (excludes halogenated alkanes) is 4. The molecule has 0 amide bonds. The summed E-state index contributed by atoms with van der Waals surface area (Å²) in [6, 6.07) is 33.7. The van der Waals surface area contributed by atoms with Crippen molar-refractivity contribution in [1.82, 2.24) is 0 Å². The smallest absolute Gasteiger partial charge is 0.0414 e. The number of rotatable bonds is 17. The molecule has 3 rings (SSSR count). The van der Waals surface area contributed by atoms with Gasteiger partial charge in [-0.15, -0.1) is 0 Å². The SMILES string of the molecule is CCOC(CCCCC/C=C\CCC[PH](c1ccccc1)(c1ccccc1)c1ccccc1)OCC. The van der Waals surface area contributed by atoms with Crippen molar-refractivity contribution in [1.29, 1.82) is 0 Å². The van der Waals surface area contributed by atoms with E-state index in [1.807, 2.05) is 13.8 Å². The molecule has 3 aromatic rings. The normalized spacial score (nSPS) is 12.4. The van der Waals surface area contributed by atoms with Crippen LogP contribution in [0.1, 0.15) is 58.8 Å². The molecule has 0 radical (unpaired) electrons. The Kier molecular flexibility index (Phi) is 13.0. The Morgan fingerprint density at radius 2 is 1.03 bits per heavy atom. The van der Waals surface area contributed by atoms with E-state index in [9.17, 15) is 0 Å². The van der Waals surface area contributed by atoms with Crippen LogP contribution >= 0.6 is 7.26 Å². The summed E-state index contributed by atoms with van der Waals surface area (Å²) in [6.45, 7) is 5.50. The van der Waals surface area contributed by atoms with Crippen LogP contribution in [-0.2, 0) is 9.47 Å². The maximum atomic E-state index is 5.64. The first kappa shape index (κ1) is 28.3. The summed E-state index contributed by atoms with van der Waals surface area (Å²) in [6.07, 6.45) is 14.1. The van der Waals surface area contributed by atoms with Gasteiger partial charge in [0, 0.05) is 13.2 Å². The minimum absolute atomic E-state index is 0.0289. The van der Waals surface area contributed by atoms with Crippen LogP contribution in [0.25, 0.3) is 0 Å². The van der Waals surface area contributed by atoms with Gasteiger partial charge in [-0.1, -0.05) is 0 Å². The number of ether oxygens (including phenoxy) is 2. The molecule has 194 valence electrons. The third-order valence-corrected chi connectivity index (χ3v) is 12.0.